The average molecular weight is 357 g/mol. The summed E-state index contributed by atoms with van der Waals surface area (Å²) in [6.07, 6.45) is 0. The van der Waals surface area contributed by atoms with Crippen LogP contribution in [0.5, 0.6) is 0 Å². The van der Waals surface area contributed by atoms with Crippen LogP contribution in [0.15, 0.2) is 57.8 Å². The number of nitrogens with two attached hydrogens (primary N) is 1. The fourth-order valence-electron chi connectivity index (χ4n) is 2.38. The van der Waals surface area contributed by atoms with Crippen molar-refractivity contribution >= 4 is 38.4 Å². The fraction of sp³-hybridized carbons (Fsp3) is 0.0588. The van der Waals surface area contributed by atoms with Crippen LogP contribution in [0.3, 0.4) is 0 Å². The molecule has 0 saturated heterocycles. The van der Waals surface area contributed by atoms with Crippen molar-refractivity contribution in [2.45, 2.75) is 6.92 Å². The van der Waals surface area contributed by atoms with Crippen molar-refractivity contribution in [1.82, 2.24) is 4.57 Å². The first kappa shape index (κ1) is 14.5. The summed E-state index contributed by atoms with van der Waals surface area (Å²) in [4.78, 5) is 25.2. The van der Waals surface area contributed by atoms with E-state index in [1.54, 1.807) is 49.4 Å². The maximum Gasteiger partial charge on any atom is 0.265 e. The highest BCUT2D eigenvalue weighted by Gasteiger charge is 2.15. The number of carbonyl (C=O) groups excluding carboxylic acids is 1. The summed E-state index contributed by atoms with van der Waals surface area (Å²) < 4.78 is 2.05. The van der Waals surface area contributed by atoms with E-state index in [4.69, 9.17) is 5.73 Å². The average Bonchev–Trinajstić information content (AvgIpc) is 2.49. The van der Waals surface area contributed by atoms with Gasteiger partial charge in [0.1, 0.15) is 0 Å². The van der Waals surface area contributed by atoms with E-state index in [0.29, 0.717) is 22.3 Å². The molecule has 0 radical (unpaired) electrons. The number of pyridine rings is 1. The van der Waals surface area contributed by atoms with Gasteiger partial charge in [-0.05, 0) is 54.8 Å². The number of hydrogen-bond acceptors (Lipinski definition) is 3. The number of carbonyl (C=O) groups is 1. The number of nitrogen functional groups attached to an aromatic ring is 1. The third kappa shape index (κ3) is 2.44. The monoisotopic (exact) mass is 356 g/mol. The molecule has 0 amide bonds. The van der Waals surface area contributed by atoms with Crippen LogP contribution >= 0.6 is 15.9 Å². The smallest absolute Gasteiger partial charge is 0.265 e. The standard InChI is InChI=1S/C17H13BrN2O2/c1-10-8-12-4-7-14(19)9-15(12)20(16(10)21)17(22)11-2-5-13(18)6-3-11/h2-9H,19H2,1H3. The number of halogens is 1. The number of benzene rings is 2. The molecule has 0 aliphatic carbocycles. The van der Waals surface area contributed by atoms with E-state index in [9.17, 15) is 9.59 Å². The molecular weight excluding hydrogens is 344 g/mol. The highest BCUT2D eigenvalue weighted by molar-refractivity contribution is 9.10. The van der Waals surface area contributed by atoms with E-state index in [-0.39, 0.29) is 11.5 Å². The zero-order valence-electron chi connectivity index (χ0n) is 11.8. The van der Waals surface area contributed by atoms with E-state index in [0.717, 1.165) is 9.86 Å². The fourth-order valence-corrected chi connectivity index (χ4v) is 2.64. The largest absolute Gasteiger partial charge is 0.399 e. The minimum absolute atomic E-state index is 0.328. The summed E-state index contributed by atoms with van der Waals surface area (Å²) in [6.45, 7) is 1.70. The van der Waals surface area contributed by atoms with Gasteiger partial charge in [-0.1, -0.05) is 22.0 Å². The molecule has 0 unspecified atom stereocenters. The van der Waals surface area contributed by atoms with Gasteiger partial charge in [-0.25, -0.2) is 4.57 Å². The summed E-state index contributed by atoms with van der Waals surface area (Å²) in [5.74, 6) is -0.364. The van der Waals surface area contributed by atoms with Gasteiger partial charge in [-0.3, -0.25) is 9.59 Å². The van der Waals surface area contributed by atoms with Crippen LogP contribution in [-0.4, -0.2) is 10.5 Å². The number of nitrogens with zero attached hydrogens (tertiary/aromatic N) is 1. The molecular formula is C17H13BrN2O2. The van der Waals surface area contributed by atoms with Gasteiger partial charge in [0.2, 0.25) is 0 Å². The minimum atomic E-state index is -0.364. The van der Waals surface area contributed by atoms with Gasteiger partial charge in [-0.15, -0.1) is 0 Å². The molecule has 1 aromatic heterocycles. The van der Waals surface area contributed by atoms with Crippen molar-refractivity contribution in [2.75, 3.05) is 5.73 Å². The third-order valence-electron chi connectivity index (χ3n) is 3.50. The molecule has 2 aromatic carbocycles. The van der Waals surface area contributed by atoms with Gasteiger partial charge in [0, 0.05) is 21.3 Å². The predicted octanol–water partition coefficient (Wildman–Crippen LogP) is 3.34. The van der Waals surface area contributed by atoms with Crippen LogP contribution in [0.2, 0.25) is 0 Å². The quantitative estimate of drug-likeness (QED) is 0.680. The number of aromatic nitrogens is 1. The Kier molecular flexibility index (Phi) is 3.58. The molecule has 0 aliphatic rings. The second-order valence-electron chi connectivity index (χ2n) is 5.10. The lowest BCUT2D eigenvalue weighted by Gasteiger charge is -2.11. The Morgan fingerprint density at radius 3 is 2.45 bits per heavy atom. The summed E-state index contributed by atoms with van der Waals surface area (Å²) >= 11 is 3.33. The van der Waals surface area contributed by atoms with Gasteiger partial charge in [0.25, 0.3) is 11.5 Å². The van der Waals surface area contributed by atoms with Crippen molar-refractivity contribution < 1.29 is 4.79 Å². The highest BCUT2D eigenvalue weighted by Crippen LogP contribution is 2.19. The molecule has 0 spiro atoms. The van der Waals surface area contributed by atoms with Gasteiger partial charge in [0.15, 0.2) is 0 Å². The van der Waals surface area contributed by atoms with Gasteiger partial charge < -0.3 is 5.73 Å². The van der Waals surface area contributed by atoms with Crippen molar-refractivity contribution in [1.29, 1.82) is 0 Å². The number of rotatable bonds is 1. The highest BCUT2D eigenvalue weighted by atomic mass is 79.9. The Bertz CT molecular complexity index is 943. The molecule has 3 rings (SSSR count). The Balaban J connectivity index is 2.31. The first-order chi connectivity index (χ1) is 10.5. The van der Waals surface area contributed by atoms with E-state index >= 15 is 0 Å². The molecule has 3 aromatic rings. The molecule has 4 nitrogen and oxygen atoms in total. The van der Waals surface area contributed by atoms with Crippen LogP contribution in [0.4, 0.5) is 5.69 Å². The van der Waals surface area contributed by atoms with Crippen molar-refractivity contribution in [3.63, 3.8) is 0 Å². The Hall–Kier alpha value is -2.40. The summed E-state index contributed by atoms with van der Waals surface area (Å²) in [5.41, 5.74) is 7.46. The van der Waals surface area contributed by atoms with E-state index in [1.807, 2.05) is 6.07 Å². The van der Waals surface area contributed by atoms with Gasteiger partial charge >= 0.3 is 0 Å². The molecule has 5 heteroatoms. The maximum atomic E-state index is 12.8. The first-order valence-electron chi connectivity index (χ1n) is 6.69. The lowest BCUT2D eigenvalue weighted by molar-refractivity contribution is 0.0961. The minimum Gasteiger partial charge on any atom is -0.399 e. The summed E-state index contributed by atoms with van der Waals surface area (Å²) in [6, 6.07) is 13.9. The van der Waals surface area contributed by atoms with Crippen LogP contribution in [0.1, 0.15) is 15.9 Å². The van der Waals surface area contributed by atoms with Crippen molar-refractivity contribution in [3.8, 4) is 0 Å². The topological polar surface area (TPSA) is 65.1 Å². The Morgan fingerprint density at radius 1 is 1.09 bits per heavy atom. The van der Waals surface area contributed by atoms with Crippen LogP contribution in [0, 0.1) is 6.92 Å². The number of aryl methyl sites for hydroxylation is 1. The SMILES string of the molecule is Cc1cc2ccc(N)cc2n(C(=O)c2ccc(Br)cc2)c1=O. The van der Waals surface area contributed by atoms with Crippen molar-refractivity contribution in [3.05, 3.63) is 74.5 Å². The molecule has 0 fully saturated rings. The molecule has 22 heavy (non-hydrogen) atoms. The van der Waals surface area contributed by atoms with Crippen LogP contribution < -0.4 is 11.3 Å². The molecule has 0 atom stereocenters. The molecule has 2 N–H and O–H groups in total. The van der Waals surface area contributed by atoms with E-state index < -0.39 is 0 Å². The molecule has 0 bridgehead atoms. The van der Waals surface area contributed by atoms with E-state index in [2.05, 4.69) is 15.9 Å². The first-order valence-corrected chi connectivity index (χ1v) is 7.49. The number of fused-ring (bicyclic) bond motifs is 1. The summed E-state index contributed by atoms with van der Waals surface area (Å²) in [7, 11) is 0. The normalized spacial score (nSPS) is 10.8. The van der Waals surface area contributed by atoms with Gasteiger partial charge in [-0.2, -0.15) is 0 Å². The van der Waals surface area contributed by atoms with Crippen LogP contribution in [-0.2, 0) is 0 Å². The molecule has 0 aliphatic heterocycles. The summed E-state index contributed by atoms with van der Waals surface area (Å²) in [5, 5.41) is 0.803. The van der Waals surface area contributed by atoms with Crippen LogP contribution in [0.25, 0.3) is 10.9 Å². The lowest BCUT2D eigenvalue weighted by atomic mass is 10.1. The van der Waals surface area contributed by atoms with E-state index in [1.165, 1.54) is 4.57 Å². The second kappa shape index (κ2) is 5.42. The Labute approximate surface area is 135 Å². The lowest BCUT2D eigenvalue weighted by Crippen LogP contribution is -2.29. The van der Waals surface area contributed by atoms with Crippen molar-refractivity contribution in [2.24, 2.45) is 0 Å². The zero-order valence-corrected chi connectivity index (χ0v) is 13.4. The maximum absolute atomic E-state index is 12.8. The molecule has 1 heterocycles. The number of anilines is 1. The second-order valence-corrected chi connectivity index (χ2v) is 6.01. The Morgan fingerprint density at radius 2 is 1.77 bits per heavy atom. The third-order valence-corrected chi connectivity index (χ3v) is 4.03. The van der Waals surface area contributed by atoms with Gasteiger partial charge in [0.05, 0.1) is 5.52 Å². The number of hydrogen-bond donors (Lipinski definition) is 1. The predicted molar refractivity (Wildman–Crippen MR) is 91.2 cm³/mol. The molecule has 0 saturated carbocycles. The molecule has 110 valence electrons. The zero-order chi connectivity index (χ0) is 15.9.